The molecule has 0 spiro atoms. The molecule has 192 valence electrons. The summed E-state index contributed by atoms with van der Waals surface area (Å²) >= 11 is 0. The minimum Gasteiger partial charge on any atom is -0.507 e. The second kappa shape index (κ2) is 10.6. The highest BCUT2D eigenvalue weighted by Crippen LogP contribution is 2.39. The summed E-state index contributed by atoms with van der Waals surface area (Å²) in [5.74, 6) is 1.55. The van der Waals surface area contributed by atoms with E-state index < -0.39 is 0 Å². The number of carbonyl (C=O) groups excluding carboxylic acids is 1. The van der Waals surface area contributed by atoms with Gasteiger partial charge in [-0.15, -0.1) is 0 Å². The van der Waals surface area contributed by atoms with E-state index in [0.29, 0.717) is 31.1 Å². The van der Waals surface area contributed by atoms with Crippen molar-refractivity contribution in [1.29, 1.82) is 0 Å². The molecular formula is C31H29N3O4. The topological polar surface area (TPSA) is 83.9 Å². The molecule has 7 rings (SSSR count). The summed E-state index contributed by atoms with van der Waals surface area (Å²) in [6.45, 7) is 2.49. The maximum absolute atomic E-state index is 12.7. The monoisotopic (exact) mass is 507 g/mol. The molecule has 0 aliphatic carbocycles. The van der Waals surface area contributed by atoms with Crippen LogP contribution in [-0.4, -0.2) is 40.6 Å². The number of phenols is 1. The largest absolute Gasteiger partial charge is 0.507 e. The lowest BCUT2D eigenvalue weighted by molar-refractivity contribution is 0.0948. The van der Waals surface area contributed by atoms with Gasteiger partial charge in [0.1, 0.15) is 23.0 Å². The van der Waals surface area contributed by atoms with Crippen LogP contribution >= 0.6 is 0 Å². The van der Waals surface area contributed by atoms with Crippen LogP contribution in [0, 0.1) is 0 Å². The number of nitrogens with zero attached hydrogens (tertiary/aromatic N) is 2. The zero-order chi connectivity index (χ0) is 25.9. The Labute approximate surface area is 221 Å². The Bertz CT molecular complexity index is 1460. The number of ether oxygens (including phenoxy) is 2. The van der Waals surface area contributed by atoms with Crippen LogP contribution in [0.15, 0.2) is 85.1 Å². The van der Waals surface area contributed by atoms with Gasteiger partial charge in [0.2, 0.25) is 0 Å². The van der Waals surface area contributed by atoms with Gasteiger partial charge in [0.05, 0.1) is 23.9 Å². The summed E-state index contributed by atoms with van der Waals surface area (Å²) in [6.07, 6.45) is 3.34. The molecule has 0 saturated carbocycles. The zero-order valence-corrected chi connectivity index (χ0v) is 21.0. The van der Waals surface area contributed by atoms with Crippen LogP contribution in [0.4, 0.5) is 0 Å². The van der Waals surface area contributed by atoms with Gasteiger partial charge in [-0.05, 0) is 84.1 Å². The lowest BCUT2D eigenvalue weighted by Gasteiger charge is -2.38. The molecule has 7 heteroatoms. The fraction of sp³-hybridized carbons (Fsp3) is 0.226. The van der Waals surface area contributed by atoms with E-state index in [0.717, 1.165) is 36.5 Å². The van der Waals surface area contributed by atoms with Crippen molar-refractivity contribution in [3.05, 3.63) is 113 Å². The Morgan fingerprint density at radius 1 is 0.974 bits per heavy atom. The number of rotatable bonds is 2. The minimum atomic E-state index is -0.350. The van der Waals surface area contributed by atoms with Crippen LogP contribution in [-0.2, 0) is 13.0 Å². The number of hydrogen-bond donors (Lipinski definition) is 2. The highest BCUT2D eigenvalue weighted by Gasteiger charge is 2.30. The number of fused-ring (bicyclic) bond motifs is 6. The molecule has 8 bridgehead atoms. The second-order valence-electron chi connectivity index (χ2n) is 9.62. The number of amides is 1. The third-order valence-corrected chi connectivity index (χ3v) is 7.03. The van der Waals surface area contributed by atoms with Gasteiger partial charge in [0, 0.05) is 25.8 Å². The summed E-state index contributed by atoms with van der Waals surface area (Å²) in [4.78, 5) is 19.7. The molecule has 4 aromatic rings. The van der Waals surface area contributed by atoms with E-state index in [-0.39, 0.29) is 23.3 Å². The van der Waals surface area contributed by atoms with E-state index in [1.165, 1.54) is 17.2 Å². The van der Waals surface area contributed by atoms with Gasteiger partial charge in [0.25, 0.3) is 5.91 Å². The quantitative estimate of drug-likeness (QED) is 0.386. The number of carbonyl (C=O) groups is 1. The SMILES string of the molecule is O=C1NCCCOc2cccc(c2)C2c3ccc(cc3CCN2Cc2ccccn2)Oc2ccc(O)c1c2. The first kappa shape index (κ1) is 24.0. The van der Waals surface area contributed by atoms with Crippen LogP contribution in [0.1, 0.15) is 45.2 Å². The number of pyridine rings is 1. The first-order chi connectivity index (χ1) is 18.6. The van der Waals surface area contributed by atoms with Crippen LogP contribution in [0.5, 0.6) is 23.0 Å². The third kappa shape index (κ3) is 5.06. The Morgan fingerprint density at radius 3 is 2.76 bits per heavy atom. The number of hydrogen-bond acceptors (Lipinski definition) is 6. The van der Waals surface area contributed by atoms with Crippen LogP contribution in [0.3, 0.4) is 0 Å². The molecule has 38 heavy (non-hydrogen) atoms. The molecule has 1 atom stereocenters. The molecule has 0 radical (unpaired) electrons. The summed E-state index contributed by atoms with van der Waals surface area (Å²) in [5.41, 5.74) is 4.82. The van der Waals surface area contributed by atoms with Gasteiger partial charge in [-0.2, -0.15) is 0 Å². The first-order valence-electron chi connectivity index (χ1n) is 12.9. The van der Waals surface area contributed by atoms with Crippen molar-refractivity contribution in [2.45, 2.75) is 25.4 Å². The summed E-state index contributed by atoms with van der Waals surface area (Å²) < 4.78 is 12.2. The number of phenolic OH excluding ortho intramolecular Hbond substituents is 1. The molecule has 1 amide bonds. The van der Waals surface area contributed by atoms with Crippen molar-refractivity contribution < 1.29 is 19.4 Å². The van der Waals surface area contributed by atoms with Crippen LogP contribution in [0.2, 0.25) is 0 Å². The highest BCUT2D eigenvalue weighted by molar-refractivity contribution is 5.97. The van der Waals surface area contributed by atoms with Crippen molar-refractivity contribution >= 4 is 5.91 Å². The van der Waals surface area contributed by atoms with Crippen molar-refractivity contribution in [3.63, 3.8) is 0 Å². The third-order valence-electron chi connectivity index (χ3n) is 7.03. The molecule has 4 heterocycles. The summed E-state index contributed by atoms with van der Waals surface area (Å²) in [5, 5.41) is 13.1. The Kier molecular flexibility index (Phi) is 6.67. The number of aromatic hydroxyl groups is 1. The fourth-order valence-corrected chi connectivity index (χ4v) is 5.21. The van der Waals surface area contributed by atoms with E-state index in [4.69, 9.17) is 9.47 Å². The summed E-state index contributed by atoms with van der Waals surface area (Å²) in [6, 6.07) is 25.2. The molecule has 7 nitrogen and oxygen atoms in total. The summed E-state index contributed by atoms with van der Waals surface area (Å²) in [7, 11) is 0. The van der Waals surface area contributed by atoms with E-state index in [2.05, 4.69) is 45.5 Å². The van der Waals surface area contributed by atoms with Crippen molar-refractivity contribution in [2.75, 3.05) is 19.7 Å². The molecule has 0 fully saturated rings. The van der Waals surface area contributed by atoms with Gasteiger partial charge < -0.3 is 19.9 Å². The van der Waals surface area contributed by atoms with Crippen molar-refractivity contribution in [3.8, 4) is 23.0 Å². The molecule has 2 N–H and O–H groups in total. The maximum atomic E-state index is 12.7. The smallest absolute Gasteiger partial charge is 0.255 e. The number of benzene rings is 3. The maximum Gasteiger partial charge on any atom is 0.255 e. The predicted molar refractivity (Wildman–Crippen MR) is 144 cm³/mol. The molecule has 3 aliphatic rings. The van der Waals surface area contributed by atoms with E-state index in [1.807, 2.05) is 36.5 Å². The fourth-order valence-electron chi connectivity index (χ4n) is 5.21. The predicted octanol–water partition coefficient (Wildman–Crippen LogP) is 5.24. The molecule has 3 aromatic carbocycles. The molecule has 0 saturated heterocycles. The standard InChI is InChI=1S/C31H29N3O4/c35-29-11-9-26-19-28(29)31(36)33-14-4-16-37-24-7-3-5-22(18-24)30-27-10-8-25(38-26)17-21(27)12-15-34(30)20-23-6-1-2-13-32-23/h1-3,5-11,13,17-19,30,35H,4,12,14-16,20H2,(H,33,36). The average Bonchev–Trinajstić information content (AvgIpc) is 2.94. The van der Waals surface area contributed by atoms with Gasteiger partial charge in [-0.3, -0.25) is 14.7 Å². The van der Waals surface area contributed by atoms with Crippen LogP contribution < -0.4 is 14.8 Å². The van der Waals surface area contributed by atoms with Crippen molar-refractivity contribution in [1.82, 2.24) is 15.2 Å². The highest BCUT2D eigenvalue weighted by atomic mass is 16.5. The Morgan fingerprint density at radius 2 is 1.87 bits per heavy atom. The van der Waals surface area contributed by atoms with E-state index in [1.54, 1.807) is 12.1 Å². The Hall–Kier alpha value is -4.36. The van der Waals surface area contributed by atoms with Gasteiger partial charge in [0.15, 0.2) is 0 Å². The molecule has 1 aromatic heterocycles. The minimum absolute atomic E-state index is 0.0387. The van der Waals surface area contributed by atoms with Gasteiger partial charge in [-0.1, -0.05) is 24.3 Å². The van der Waals surface area contributed by atoms with Crippen molar-refractivity contribution in [2.24, 2.45) is 0 Å². The lowest BCUT2D eigenvalue weighted by Crippen LogP contribution is -2.36. The second-order valence-corrected chi connectivity index (χ2v) is 9.62. The lowest BCUT2D eigenvalue weighted by atomic mass is 9.87. The van der Waals surface area contributed by atoms with Gasteiger partial charge >= 0.3 is 0 Å². The Balaban J connectivity index is 1.41. The first-order valence-corrected chi connectivity index (χ1v) is 12.9. The molecule has 1 unspecified atom stereocenters. The van der Waals surface area contributed by atoms with E-state index in [9.17, 15) is 9.90 Å². The number of nitrogens with one attached hydrogen (secondary N) is 1. The van der Waals surface area contributed by atoms with E-state index >= 15 is 0 Å². The average molecular weight is 508 g/mol. The molecular weight excluding hydrogens is 478 g/mol. The zero-order valence-electron chi connectivity index (χ0n) is 21.0. The molecule has 3 aliphatic heterocycles. The van der Waals surface area contributed by atoms with Gasteiger partial charge in [-0.25, -0.2) is 0 Å². The number of aromatic nitrogens is 1. The normalized spacial score (nSPS) is 17.5. The van der Waals surface area contributed by atoms with Crippen LogP contribution in [0.25, 0.3) is 0 Å².